The molecule has 2 rings (SSSR count). The Labute approximate surface area is 176 Å². The fourth-order valence-corrected chi connectivity index (χ4v) is 3.72. The van der Waals surface area contributed by atoms with Gasteiger partial charge in [-0.3, -0.25) is 9.32 Å². The van der Waals surface area contributed by atoms with Gasteiger partial charge in [-0.05, 0) is 19.9 Å². The quantitative estimate of drug-likeness (QED) is 0.153. The van der Waals surface area contributed by atoms with Crippen molar-refractivity contribution in [3.63, 3.8) is 0 Å². The summed E-state index contributed by atoms with van der Waals surface area (Å²) < 4.78 is 20.4. The van der Waals surface area contributed by atoms with E-state index in [0.29, 0.717) is 45.3 Å². The molecule has 13 heteroatoms. The molecule has 5 N–H and O–H groups in total. The molecule has 0 atom stereocenters. The number of hydrogen-bond donors (Lipinski definition) is 5. The van der Waals surface area contributed by atoms with Gasteiger partial charge in [0.1, 0.15) is 23.0 Å². The number of anilines is 1. The zero-order valence-electron chi connectivity index (χ0n) is 16.3. The minimum atomic E-state index is -4.66. The molecule has 2 aromatic rings. The molecule has 2 aromatic heterocycles. The number of aromatic nitrogens is 2. The smallest absolute Gasteiger partial charge is 0.469 e. The third-order valence-corrected chi connectivity index (χ3v) is 5.76. The van der Waals surface area contributed by atoms with Crippen LogP contribution in [0.1, 0.15) is 30.3 Å². The van der Waals surface area contributed by atoms with E-state index in [4.69, 9.17) is 19.9 Å². The lowest BCUT2D eigenvalue weighted by atomic mass is 10.2. The molecule has 0 saturated carbocycles. The first-order chi connectivity index (χ1) is 14.1. The van der Waals surface area contributed by atoms with E-state index in [1.807, 2.05) is 0 Å². The first-order valence-electron chi connectivity index (χ1n) is 8.60. The summed E-state index contributed by atoms with van der Waals surface area (Å²) in [6.07, 6.45) is 4.90. The fraction of sp³-hybridized carbons (Fsp3) is 0.294. The molecule has 0 aliphatic carbocycles. The number of phosphoric acid groups is 1. The number of aliphatic hydroxyl groups is 1. The molecule has 0 saturated heterocycles. The predicted molar refractivity (Wildman–Crippen MR) is 113 cm³/mol. The number of nitrogen functional groups attached to an aromatic ring is 1. The summed E-state index contributed by atoms with van der Waals surface area (Å²) in [5.74, 6) is 0.730. The van der Waals surface area contributed by atoms with Crippen molar-refractivity contribution in [2.45, 2.75) is 26.8 Å². The highest BCUT2D eigenvalue weighted by molar-refractivity contribution is 8.02. The van der Waals surface area contributed by atoms with E-state index in [1.165, 1.54) is 23.6 Å². The Morgan fingerprint density at radius 1 is 1.47 bits per heavy atom. The van der Waals surface area contributed by atoms with Crippen molar-refractivity contribution in [2.75, 3.05) is 12.3 Å². The Kier molecular flexibility index (Phi) is 8.47. The van der Waals surface area contributed by atoms with Gasteiger partial charge in [-0.15, -0.1) is 11.4 Å². The van der Waals surface area contributed by atoms with Crippen molar-refractivity contribution in [3.8, 4) is 0 Å². The lowest BCUT2D eigenvalue weighted by Gasteiger charge is -2.22. The molecule has 2 heterocycles. The molecular formula is C17H23N4O7PS. The van der Waals surface area contributed by atoms with Crippen LogP contribution < -0.4 is 5.73 Å². The number of hydrogen-bond acceptors (Lipinski definition) is 7. The van der Waals surface area contributed by atoms with Crippen LogP contribution in [0.2, 0.25) is 0 Å². The number of carbonyl (C=O) groups excluding carboxylic acids is 1. The van der Waals surface area contributed by atoms with Gasteiger partial charge < -0.3 is 29.9 Å². The number of allylic oxidation sites excluding steroid dienone is 1. The van der Waals surface area contributed by atoms with E-state index in [9.17, 15) is 14.5 Å². The number of nitrogens with zero attached hydrogens (tertiary/aromatic N) is 3. The van der Waals surface area contributed by atoms with Crippen LogP contribution in [0.3, 0.4) is 0 Å². The fourth-order valence-electron chi connectivity index (χ4n) is 2.38. The van der Waals surface area contributed by atoms with E-state index in [0.717, 1.165) is 0 Å². The minimum Gasteiger partial charge on any atom is -0.472 e. The Hall–Kier alpha value is -2.34. The van der Waals surface area contributed by atoms with Gasteiger partial charge >= 0.3 is 7.82 Å². The Morgan fingerprint density at radius 2 is 2.20 bits per heavy atom. The second-order valence-corrected chi connectivity index (χ2v) is 8.54. The molecule has 11 nitrogen and oxygen atoms in total. The number of nitrogens with two attached hydrogens (primary N) is 1. The van der Waals surface area contributed by atoms with Crippen LogP contribution in [0.5, 0.6) is 0 Å². The van der Waals surface area contributed by atoms with Crippen LogP contribution in [-0.4, -0.2) is 47.8 Å². The van der Waals surface area contributed by atoms with E-state index in [2.05, 4.69) is 14.5 Å². The number of furan rings is 1. The molecule has 0 bridgehead atoms. The van der Waals surface area contributed by atoms with Gasteiger partial charge in [0, 0.05) is 34.3 Å². The standard InChI is InChI=1S/C17H23N4O7PS/c1-11(21(10-22)8-14-7-19-12(2)20-16(14)18)15(4-6-28-29(24,25)26)30-17(23)13-3-5-27-9-13/h3,5,7,9-10,23,30H,4,6,8H2,1-2H3,(H2,18,19,20)(H2,24,25,26)/b15-11-. The topological polar surface area (TPSA) is 172 Å². The van der Waals surface area contributed by atoms with E-state index in [1.54, 1.807) is 19.9 Å². The van der Waals surface area contributed by atoms with Crippen LogP contribution in [0, 0.1) is 6.92 Å². The van der Waals surface area contributed by atoms with Crippen LogP contribution in [-0.2, 0) is 20.4 Å². The third kappa shape index (κ3) is 7.17. The van der Waals surface area contributed by atoms with Crippen molar-refractivity contribution in [1.82, 2.24) is 14.9 Å². The number of carbonyl (C=O) groups is 1. The normalized spacial score (nSPS) is 13.4. The summed E-state index contributed by atoms with van der Waals surface area (Å²) in [5, 5.41) is 10.3. The second-order valence-electron chi connectivity index (χ2n) is 6.11. The zero-order valence-corrected chi connectivity index (χ0v) is 18.1. The molecule has 30 heavy (non-hydrogen) atoms. The average molecular weight is 458 g/mol. The van der Waals surface area contributed by atoms with Crippen molar-refractivity contribution in [3.05, 3.63) is 52.3 Å². The molecule has 0 spiro atoms. The van der Waals surface area contributed by atoms with Gasteiger partial charge in [-0.2, -0.15) is 0 Å². The predicted octanol–water partition coefficient (Wildman–Crippen LogP) is 1.85. The van der Waals surface area contributed by atoms with Crippen molar-refractivity contribution in [1.29, 1.82) is 0 Å². The summed E-state index contributed by atoms with van der Waals surface area (Å²) in [7, 11) is -4.66. The molecule has 0 unspecified atom stereocenters. The molecule has 0 aliphatic rings. The maximum Gasteiger partial charge on any atom is 0.469 e. The highest BCUT2D eigenvalue weighted by Gasteiger charge is 2.17. The van der Waals surface area contributed by atoms with Crippen molar-refractivity contribution >= 4 is 36.5 Å². The first-order valence-corrected chi connectivity index (χ1v) is 11.0. The molecule has 0 aromatic carbocycles. The molecule has 1 amide bonds. The summed E-state index contributed by atoms with van der Waals surface area (Å²) >= 11 is 0.315. The zero-order chi connectivity index (χ0) is 22.3. The maximum atomic E-state index is 11.7. The van der Waals surface area contributed by atoms with Gasteiger partial charge in [-0.25, -0.2) is 14.5 Å². The summed E-state index contributed by atoms with van der Waals surface area (Å²) in [6.45, 7) is 3.09. The molecule has 164 valence electrons. The highest BCUT2D eigenvalue weighted by atomic mass is 32.1. The molecule has 0 fully saturated rings. The number of phosphoric ester groups is 1. The van der Waals surface area contributed by atoms with E-state index < -0.39 is 7.82 Å². The van der Waals surface area contributed by atoms with Crippen molar-refractivity contribution in [2.24, 2.45) is 0 Å². The SMILES string of the molecule is C/C(=C(CCOP(=O)(O)O)/[SH]=C(\O)c1ccoc1)N(C=O)Cc1cnc(C)nc1N. The van der Waals surface area contributed by atoms with Crippen LogP contribution in [0.15, 0.2) is 39.8 Å². The largest absolute Gasteiger partial charge is 0.472 e. The van der Waals surface area contributed by atoms with Gasteiger partial charge in [-0.1, -0.05) is 0 Å². The van der Waals surface area contributed by atoms with Crippen molar-refractivity contribution < 1.29 is 33.2 Å². The van der Waals surface area contributed by atoms with Gasteiger partial charge in [0.25, 0.3) is 0 Å². The number of thiol groups is 1. The van der Waals surface area contributed by atoms with E-state index in [-0.39, 0.29) is 30.4 Å². The lowest BCUT2D eigenvalue weighted by molar-refractivity contribution is -0.116. The highest BCUT2D eigenvalue weighted by Crippen LogP contribution is 2.36. The van der Waals surface area contributed by atoms with Gasteiger partial charge in [0.2, 0.25) is 6.41 Å². The van der Waals surface area contributed by atoms with Gasteiger partial charge in [0.05, 0.1) is 19.4 Å². The summed E-state index contributed by atoms with van der Waals surface area (Å²) in [4.78, 5) is 39.6. The molecular weight excluding hydrogens is 435 g/mol. The second kappa shape index (κ2) is 10.6. The number of aliphatic hydroxyl groups excluding tert-OH is 1. The summed E-state index contributed by atoms with van der Waals surface area (Å²) in [6, 6.07) is 1.56. The third-order valence-electron chi connectivity index (χ3n) is 3.95. The Bertz CT molecular complexity index is 988. The first kappa shape index (κ1) is 23.9. The average Bonchev–Trinajstić information content (AvgIpc) is 3.20. The minimum absolute atomic E-state index is 0.0463. The van der Waals surface area contributed by atoms with E-state index >= 15 is 0 Å². The number of rotatable bonds is 10. The summed E-state index contributed by atoms with van der Waals surface area (Å²) in [5.41, 5.74) is 7.32. The maximum absolute atomic E-state index is 11.7. The lowest BCUT2D eigenvalue weighted by Crippen LogP contribution is -2.22. The monoisotopic (exact) mass is 458 g/mol. The molecule has 0 aliphatic heterocycles. The van der Waals surface area contributed by atoms with Crippen LogP contribution in [0.4, 0.5) is 5.82 Å². The number of amides is 1. The van der Waals surface area contributed by atoms with Crippen LogP contribution >= 0.6 is 19.2 Å². The Balaban J connectivity index is 2.36. The van der Waals surface area contributed by atoms with Crippen LogP contribution in [0.25, 0.3) is 0 Å². The Morgan fingerprint density at radius 3 is 2.77 bits per heavy atom. The number of aryl methyl sites for hydroxylation is 1. The van der Waals surface area contributed by atoms with Gasteiger partial charge in [0.15, 0.2) is 0 Å². The molecule has 0 radical (unpaired) electrons.